The number of amides is 3. The average Bonchev–Trinajstić information content (AvgIpc) is 2.91. The molecule has 3 aromatic carbocycles. The van der Waals surface area contributed by atoms with Crippen molar-refractivity contribution < 1.29 is 28.2 Å². The molecule has 188 valence electrons. The van der Waals surface area contributed by atoms with E-state index < -0.39 is 17.9 Å². The highest BCUT2D eigenvalue weighted by atomic mass is 19.1. The van der Waals surface area contributed by atoms with E-state index in [0.717, 1.165) is 11.1 Å². The molecule has 36 heavy (non-hydrogen) atoms. The highest BCUT2D eigenvalue weighted by Gasteiger charge is 2.33. The number of ether oxygens (including phenoxy) is 3. The van der Waals surface area contributed by atoms with E-state index >= 15 is 0 Å². The fourth-order valence-corrected chi connectivity index (χ4v) is 4.27. The molecule has 0 spiro atoms. The first kappa shape index (κ1) is 24.8. The molecule has 3 amide bonds. The van der Waals surface area contributed by atoms with Crippen molar-refractivity contribution in [1.29, 1.82) is 0 Å². The lowest BCUT2D eigenvalue weighted by Crippen LogP contribution is -2.47. The van der Waals surface area contributed by atoms with E-state index in [-0.39, 0.29) is 18.1 Å². The molecule has 4 rings (SSSR count). The highest BCUT2D eigenvalue weighted by molar-refractivity contribution is 5.94. The van der Waals surface area contributed by atoms with Crippen LogP contribution in [0.3, 0.4) is 0 Å². The molecule has 1 aliphatic rings. The number of hydrogen-bond acceptors (Lipinski definition) is 5. The smallest absolute Gasteiger partial charge is 0.322 e. The summed E-state index contributed by atoms with van der Waals surface area (Å²) in [7, 11) is 4.66. The summed E-state index contributed by atoms with van der Waals surface area (Å²) >= 11 is 0. The molecule has 8 nitrogen and oxygen atoms in total. The molecule has 0 saturated carbocycles. The van der Waals surface area contributed by atoms with Crippen LogP contribution in [-0.4, -0.2) is 51.3 Å². The third-order valence-corrected chi connectivity index (χ3v) is 6.19. The van der Waals surface area contributed by atoms with Crippen LogP contribution in [0.15, 0.2) is 60.7 Å². The highest BCUT2D eigenvalue weighted by Crippen LogP contribution is 2.38. The van der Waals surface area contributed by atoms with Crippen LogP contribution in [0.1, 0.15) is 27.5 Å². The van der Waals surface area contributed by atoms with Crippen LogP contribution in [-0.2, 0) is 6.42 Å². The number of benzene rings is 3. The first-order chi connectivity index (χ1) is 17.4. The number of fused-ring (bicyclic) bond motifs is 1. The number of urea groups is 1. The standard InChI is InChI=1S/C27H28FN3O5/c1-34-19-10-8-17(9-11-19)26(32)29-16-23-20-15-25(36-3)24(35-2)14-18(20)12-13-31(23)27(33)30-22-7-5-4-6-21(22)28/h4-11,14-15,23H,12-13,16H2,1-3H3,(H,29,32)(H,30,33). The Kier molecular flexibility index (Phi) is 7.58. The number of hydrogen-bond donors (Lipinski definition) is 2. The molecule has 2 N–H and O–H groups in total. The maximum absolute atomic E-state index is 14.2. The third kappa shape index (κ3) is 5.19. The first-order valence-electron chi connectivity index (χ1n) is 11.4. The average molecular weight is 494 g/mol. The summed E-state index contributed by atoms with van der Waals surface area (Å²) in [4.78, 5) is 27.7. The largest absolute Gasteiger partial charge is 0.497 e. The van der Waals surface area contributed by atoms with Gasteiger partial charge >= 0.3 is 6.03 Å². The molecule has 9 heteroatoms. The zero-order valence-corrected chi connectivity index (χ0v) is 20.3. The number of methoxy groups -OCH3 is 3. The molecule has 0 fully saturated rings. The predicted molar refractivity (Wildman–Crippen MR) is 133 cm³/mol. The predicted octanol–water partition coefficient (Wildman–Crippen LogP) is 4.41. The fourth-order valence-electron chi connectivity index (χ4n) is 4.27. The lowest BCUT2D eigenvalue weighted by atomic mass is 9.91. The second kappa shape index (κ2) is 11.0. The maximum atomic E-state index is 14.2. The van der Waals surface area contributed by atoms with Gasteiger partial charge in [-0.05, 0) is 66.1 Å². The van der Waals surface area contributed by atoms with Gasteiger partial charge in [-0.1, -0.05) is 12.1 Å². The summed E-state index contributed by atoms with van der Waals surface area (Å²) in [6.45, 7) is 0.504. The summed E-state index contributed by atoms with van der Waals surface area (Å²) in [5, 5.41) is 5.58. The van der Waals surface area contributed by atoms with Crippen LogP contribution in [0.2, 0.25) is 0 Å². The van der Waals surface area contributed by atoms with Gasteiger partial charge in [0.25, 0.3) is 5.91 Å². The Morgan fingerprint density at radius 1 is 0.972 bits per heavy atom. The van der Waals surface area contributed by atoms with Gasteiger partial charge in [0, 0.05) is 18.7 Å². The van der Waals surface area contributed by atoms with Gasteiger partial charge in [0.1, 0.15) is 11.6 Å². The Bertz CT molecular complexity index is 1250. The van der Waals surface area contributed by atoms with Gasteiger partial charge in [-0.25, -0.2) is 9.18 Å². The number of carbonyl (C=O) groups is 2. The second-order valence-electron chi connectivity index (χ2n) is 8.21. The van der Waals surface area contributed by atoms with Gasteiger partial charge in [0.05, 0.1) is 33.1 Å². The number of anilines is 1. The zero-order chi connectivity index (χ0) is 25.7. The van der Waals surface area contributed by atoms with Crippen LogP contribution in [0.25, 0.3) is 0 Å². The summed E-state index contributed by atoms with van der Waals surface area (Å²) in [5.74, 6) is 0.921. The molecule has 1 atom stereocenters. The Morgan fingerprint density at radius 3 is 2.33 bits per heavy atom. The molecule has 0 radical (unpaired) electrons. The SMILES string of the molecule is COc1ccc(C(=O)NCC2c3cc(OC)c(OC)cc3CCN2C(=O)Nc2ccccc2F)cc1. The van der Waals surface area contributed by atoms with Crippen LogP contribution in [0.5, 0.6) is 17.2 Å². The van der Waals surface area contributed by atoms with Crippen molar-refractivity contribution in [3.05, 3.63) is 83.2 Å². The van der Waals surface area contributed by atoms with Crippen molar-refractivity contribution in [2.24, 2.45) is 0 Å². The van der Waals surface area contributed by atoms with Crippen molar-refractivity contribution in [3.63, 3.8) is 0 Å². The Hall–Kier alpha value is -4.27. The van der Waals surface area contributed by atoms with Crippen LogP contribution in [0, 0.1) is 5.82 Å². The van der Waals surface area contributed by atoms with E-state index in [1.807, 2.05) is 12.1 Å². The fraction of sp³-hybridized carbons (Fsp3) is 0.259. The van der Waals surface area contributed by atoms with Crippen molar-refractivity contribution in [1.82, 2.24) is 10.2 Å². The van der Waals surface area contributed by atoms with Crippen LogP contribution in [0.4, 0.5) is 14.9 Å². The quantitative estimate of drug-likeness (QED) is 0.509. The van der Waals surface area contributed by atoms with Gasteiger partial charge in [0.2, 0.25) is 0 Å². The van der Waals surface area contributed by atoms with Gasteiger partial charge in [-0.2, -0.15) is 0 Å². The number of para-hydroxylation sites is 1. The number of nitrogens with zero attached hydrogens (tertiary/aromatic N) is 1. The molecule has 1 aliphatic heterocycles. The summed E-state index contributed by atoms with van der Waals surface area (Å²) in [5.41, 5.74) is 2.34. The topological polar surface area (TPSA) is 89.1 Å². The van der Waals surface area contributed by atoms with E-state index in [2.05, 4.69) is 10.6 Å². The first-order valence-corrected chi connectivity index (χ1v) is 11.4. The molecule has 0 bridgehead atoms. The van der Waals surface area contributed by atoms with Crippen LogP contribution >= 0.6 is 0 Å². The number of halogens is 1. The molecule has 3 aromatic rings. The molecule has 1 heterocycles. The zero-order valence-electron chi connectivity index (χ0n) is 20.3. The van der Waals surface area contributed by atoms with Crippen molar-refractivity contribution in [3.8, 4) is 17.2 Å². The minimum Gasteiger partial charge on any atom is -0.497 e. The molecular weight excluding hydrogens is 465 g/mol. The summed E-state index contributed by atoms with van der Waals surface area (Å²) in [6, 6.07) is 15.4. The van der Waals surface area contributed by atoms with Crippen molar-refractivity contribution in [2.45, 2.75) is 12.5 Å². The number of carbonyl (C=O) groups excluding carboxylic acids is 2. The minimum atomic E-state index is -0.529. The summed E-state index contributed by atoms with van der Waals surface area (Å²) in [6.07, 6.45) is 0.559. The van der Waals surface area contributed by atoms with Gasteiger partial charge in [-0.15, -0.1) is 0 Å². The van der Waals surface area contributed by atoms with Gasteiger partial charge < -0.3 is 29.7 Å². The molecule has 0 saturated heterocycles. The molecular formula is C27H28FN3O5. The van der Waals surface area contributed by atoms with Crippen molar-refractivity contribution in [2.75, 3.05) is 39.7 Å². The lowest BCUT2D eigenvalue weighted by Gasteiger charge is -2.38. The maximum Gasteiger partial charge on any atom is 0.322 e. The summed E-state index contributed by atoms with van der Waals surface area (Å²) < 4.78 is 30.3. The van der Waals surface area contributed by atoms with E-state index in [4.69, 9.17) is 14.2 Å². The van der Waals surface area contributed by atoms with E-state index in [1.165, 1.54) is 19.2 Å². The Balaban J connectivity index is 1.62. The van der Waals surface area contributed by atoms with E-state index in [0.29, 0.717) is 35.8 Å². The third-order valence-electron chi connectivity index (χ3n) is 6.19. The number of rotatable bonds is 7. The molecule has 0 aromatic heterocycles. The molecule has 0 aliphatic carbocycles. The second-order valence-corrected chi connectivity index (χ2v) is 8.21. The number of nitrogens with one attached hydrogen (secondary N) is 2. The van der Waals surface area contributed by atoms with E-state index in [1.54, 1.807) is 55.5 Å². The van der Waals surface area contributed by atoms with Crippen LogP contribution < -0.4 is 24.8 Å². The van der Waals surface area contributed by atoms with Gasteiger partial charge in [-0.3, -0.25) is 4.79 Å². The monoisotopic (exact) mass is 493 g/mol. The van der Waals surface area contributed by atoms with Crippen molar-refractivity contribution >= 4 is 17.6 Å². The lowest BCUT2D eigenvalue weighted by molar-refractivity contribution is 0.0936. The van der Waals surface area contributed by atoms with E-state index in [9.17, 15) is 14.0 Å². The molecule has 1 unspecified atom stereocenters. The normalized spacial score (nSPS) is 14.4. The Morgan fingerprint density at radius 2 is 1.67 bits per heavy atom. The minimum absolute atomic E-state index is 0.0848. The Labute approximate surface area is 209 Å². The van der Waals surface area contributed by atoms with Gasteiger partial charge in [0.15, 0.2) is 11.5 Å².